The lowest BCUT2D eigenvalue weighted by atomic mass is 10.1. The van der Waals surface area contributed by atoms with Crippen LogP contribution in [0.4, 0.5) is 4.79 Å². The molecule has 19 heavy (non-hydrogen) atoms. The van der Waals surface area contributed by atoms with E-state index in [1.807, 2.05) is 6.92 Å². The second-order valence-electron chi connectivity index (χ2n) is 4.40. The molecule has 0 saturated carbocycles. The SMILES string of the molecule is CCN(C)C(=O)CNC(=O)NCCCC(C)C(=O)O. The standard InChI is InChI=1S/C12H23N3O4/c1-4-15(3)10(16)8-14-12(19)13-7-5-6-9(2)11(17)18/h9H,4-8H2,1-3H3,(H,17,18)(H2,13,14,19). The number of nitrogens with one attached hydrogen (secondary N) is 2. The van der Waals surface area contributed by atoms with Crippen LogP contribution in [0.1, 0.15) is 26.7 Å². The largest absolute Gasteiger partial charge is 0.481 e. The smallest absolute Gasteiger partial charge is 0.315 e. The van der Waals surface area contributed by atoms with Crippen molar-refractivity contribution >= 4 is 17.9 Å². The lowest BCUT2D eigenvalue weighted by molar-refractivity contribution is -0.141. The predicted molar refractivity (Wildman–Crippen MR) is 70.7 cm³/mol. The van der Waals surface area contributed by atoms with Crippen molar-refractivity contribution in [2.24, 2.45) is 5.92 Å². The van der Waals surface area contributed by atoms with E-state index in [1.165, 1.54) is 4.90 Å². The second-order valence-corrected chi connectivity index (χ2v) is 4.40. The van der Waals surface area contributed by atoms with Gasteiger partial charge in [-0.05, 0) is 19.8 Å². The van der Waals surface area contributed by atoms with Crippen molar-refractivity contribution in [2.45, 2.75) is 26.7 Å². The summed E-state index contributed by atoms with van der Waals surface area (Å²) in [5, 5.41) is 13.7. The predicted octanol–water partition coefficient (Wildman–Crippen LogP) is 0.265. The molecule has 0 radical (unpaired) electrons. The number of likely N-dealkylation sites (N-methyl/N-ethyl adjacent to an activating group) is 1. The third-order valence-electron chi connectivity index (χ3n) is 2.82. The van der Waals surface area contributed by atoms with Crippen molar-refractivity contribution in [3.05, 3.63) is 0 Å². The molecular formula is C12H23N3O4. The van der Waals surface area contributed by atoms with Gasteiger partial charge in [0.15, 0.2) is 0 Å². The first-order chi connectivity index (χ1) is 8.88. The normalized spacial score (nSPS) is 11.5. The fourth-order valence-corrected chi connectivity index (χ4v) is 1.26. The van der Waals surface area contributed by atoms with Crippen molar-refractivity contribution in [2.75, 3.05) is 26.7 Å². The first kappa shape index (κ1) is 17.2. The zero-order chi connectivity index (χ0) is 14.8. The first-order valence-electron chi connectivity index (χ1n) is 6.37. The van der Waals surface area contributed by atoms with Crippen LogP contribution in [0.25, 0.3) is 0 Å². The number of urea groups is 1. The topological polar surface area (TPSA) is 98.7 Å². The summed E-state index contributed by atoms with van der Waals surface area (Å²) >= 11 is 0. The molecule has 0 aromatic carbocycles. The average molecular weight is 273 g/mol. The van der Waals surface area contributed by atoms with Crippen LogP contribution < -0.4 is 10.6 Å². The van der Waals surface area contributed by atoms with Crippen molar-refractivity contribution < 1.29 is 19.5 Å². The molecule has 0 aliphatic carbocycles. The Morgan fingerprint density at radius 1 is 1.26 bits per heavy atom. The lowest BCUT2D eigenvalue weighted by Crippen LogP contribution is -2.42. The van der Waals surface area contributed by atoms with Crippen molar-refractivity contribution in [3.63, 3.8) is 0 Å². The van der Waals surface area contributed by atoms with Gasteiger partial charge in [-0.15, -0.1) is 0 Å². The maximum Gasteiger partial charge on any atom is 0.315 e. The molecule has 3 amide bonds. The Morgan fingerprint density at radius 3 is 2.42 bits per heavy atom. The average Bonchev–Trinajstić information content (AvgIpc) is 2.39. The van der Waals surface area contributed by atoms with Crippen LogP contribution in [0, 0.1) is 5.92 Å². The number of carbonyl (C=O) groups excluding carboxylic acids is 2. The second kappa shape index (κ2) is 9.18. The monoisotopic (exact) mass is 273 g/mol. The highest BCUT2D eigenvalue weighted by Crippen LogP contribution is 2.03. The van der Waals surface area contributed by atoms with Gasteiger partial charge >= 0.3 is 12.0 Å². The van der Waals surface area contributed by atoms with Crippen LogP contribution in [-0.4, -0.2) is 54.6 Å². The first-order valence-corrected chi connectivity index (χ1v) is 6.37. The number of rotatable bonds is 8. The molecule has 7 nitrogen and oxygen atoms in total. The van der Waals surface area contributed by atoms with E-state index in [4.69, 9.17) is 5.11 Å². The van der Waals surface area contributed by atoms with Gasteiger partial charge in [0.25, 0.3) is 0 Å². The molecule has 1 atom stereocenters. The van der Waals surface area contributed by atoms with Crippen LogP contribution in [0.15, 0.2) is 0 Å². The number of nitrogens with zero attached hydrogens (tertiary/aromatic N) is 1. The molecule has 7 heteroatoms. The van der Waals surface area contributed by atoms with E-state index < -0.39 is 17.9 Å². The van der Waals surface area contributed by atoms with Gasteiger partial charge in [-0.2, -0.15) is 0 Å². The molecule has 0 aliphatic heterocycles. The van der Waals surface area contributed by atoms with E-state index in [1.54, 1.807) is 14.0 Å². The Bertz CT molecular complexity index is 320. The molecule has 0 aliphatic rings. The minimum absolute atomic E-state index is 0.0400. The molecule has 0 aromatic rings. The van der Waals surface area contributed by atoms with E-state index in [9.17, 15) is 14.4 Å². The number of hydrogen-bond donors (Lipinski definition) is 3. The Kier molecular flexibility index (Phi) is 8.32. The number of amides is 3. The molecule has 0 heterocycles. The molecule has 0 aromatic heterocycles. The lowest BCUT2D eigenvalue weighted by Gasteiger charge is -2.15. The third-order valence-corrected chi connectivity index (χ3v) is 2.82. The number of aliphatic carboxylic acids is 1. The van der Waals surface area contributed by atoms with Gasteiger partial charge < -0.3 is 20.6 Å². The third kappa shape index (κ3) is 8.01. The maximum atomic E-state index is 11.4. The van der Waals surface area contributed by atoms with E-state index in [0.29, 0.717) is 25.9 Å². The number of hydrogen-bond acceptors (Lipinski definition) is 3. The van der Waals surface area contributed by atoms with Crippen LogP contribution in [0.3, 0.4) is 0 Å². The van der Waals surface area contributed by atoms with E-state index in [0.717, 1.165) is 0 Å². The number of carboxylic acids is 1. The summed E-state index contributed by atoms with van der Waals surface area (Å²) < 4.78 is 0. The molecule has 0 saturated heterocycles. The van der Waals surface area contributed by atoms with Crippen molar-refractivity contribution in [3.8, 4) is 0 Å². The molecule has 0 rings (SSSR count). The molecule has 1 unspecified atom stereocenters. The molecule has 0 bridgehead atoms. The Balaban J connectivity index is 3.66. The van der Waals surface area contributed by atoms with Crippen LogP contribution in [0.5, 0.6) is 0 Å². The zero-order valence-electron chi connectivity index (χ0n) is 11.7. The highest BCUT2D eigenvalue weighted by Gasteiger charge is 2.11. The van der Waals surface area contributed by atoms with Gasteiger partial charge in [0, 0.05) is 20.1 Å². The fourth-order valence-electron chi connectivity index (χ4n) is 1.26. The van der Waals surface area contributed by atoms with Gasteiger partial charge in [0.2, 0.25) is 5.91 Å². The van der Waals surface area contributed by atoms with Crippen molar-refractivity contribution in [1.29, 1.82) is 0 Å². The number of carbonyl (C=O) groups is 3. The van der Waals surface area contributed by atoms with Crippen LogP contribution in [-0.2, 0) is 9.59 Å². The molecular weight excluding hydrogens is 250 g/mol. The van der Waals surface area contributed by atoms with E-state index in [-0.39, 0.29) is 12.5 Å². The van der Waals surface area contributed by atoms with Gasteiger partial charge in [0.1, 0.15) is 0 Å². The maximum absolute atomic E-state index is 11.4. The van der Waals surface area contributed by atoms with Crippen LogP contribution >= 0.6 is 0 Å². The minimum atomic E-state index is -0.836. The van der Waals surface area contributed by atoms with Gasteiger partial charge in [-0.3, -0.25) is 9.59 Å². The van der Waals surface area contributed by atoms with E-state index >= 15 is 0 Å². The summed E-state index contributed by atoms with van der Waals surface area (Å²) in [4.78, 5) is 34.8. The summed E-state index contributed by atoms with van der Waals surface area (Å²) in [5.74, 6) is -1.40. The quantitative estimate of drug-likeness (QED) is 0.553. The Morgan fingerprint density at radius 2 is 1.89 bits per heavy atom. The summed E-state index contributed by atoms with van der Waals surface area (Å²) in [6, 6.07) is -0.416. The summed E-state index contributed by atoms with van der Waals surface area (Å²) in [6.45, 7) is 4.42. The molecule has 0 spiro atoms. The van der Waals surface area contributed by atoms with Gasteiger partial charge in [-0.25, -0.2) is 4.79 Å². The van der Waals surface area contributed by atoms with Gasteiger partial charge in [-0.1, -0.05) is 6.92 Å². The van der Waals surface area contributed by atoms with E-state index in [2.05, 4.69) is 10.6 Å². The minimum Gasteiger partial charge on any atom is -0.481 e. The number of carboxylic acid groups (broad SMARTS) is 1. The van der Waals surface area contributed by atoms with Gasteiger partial charge in [0.05, 0.1) is 12.5 Å². The molecule has 3 N–H and O–H groups in total. The molecule has 110 valence electrons. The summed E-state index contributed by atoms with van der Waals surface area (Å²) in [5.41, 5.74) is 0. The molecule has 0 fully saturated rings. The Hall–Kier alpha value is -1.79. The zero-order valence-corrected chi connectivity index (χ0v) is 11.7. The van der Waals surface area contributed by atoms with Crippen molar-refractivity contribution in [1.82, 2.24) is 15.5 Å². The van der Waals surface area contributed by atoms with Crippen LogP contribution in [0.2, 0.25) is 0 Å². The summed E-state index contributed by atoms with van der Waals surface area (Å²) in [6.07, 6.45) is 1.09. The summed E-state index contributed by atoms with van der Waals surface area (Å²) in [7, 11) is 1.66. The highest BCUT2D eigenvalue weighted by molar-refractivity contribution is 5.83. The highest BCUT2D eigenvalue weighted by atomic mass is 16.4. The Labute approximate surface area is 113 Å². The fraction of sp³-hybridized carbons (Fsp3) is 0.750.